The number of ether oxygens (including phenoxy) is 1. The first-order valence-corrected chi connectivity index (χ1v) is 12.7. The molecule has 1 aromatic heterocycles. The average Bonchev–Trinajstić information content (AvgIpc) is 3.38. The number of aromatic nitrogens is 1. The largest absolute Gasteiger partial charge is 0.445 e. The second-order valence-corrected chi connectivity index (χ2v) is 9.82. The van der Waals surface area contributed by atoms with Crippen LogP contribution < -0.4 is 10.0 Å². The number of likely N-dealkylation sites (tertiary alicyclic amines) is 1. The van der Waals surface area contributed by atoms with E-state index in [0.29, 0.717) is 30.8 Å². The van der Waals surface area contributed by atoms with Gasteiger partial charge in [0.15, 0.2) is 0 Å². The Morgan fingerprint density at radius 3 is 2.46 bits per heavy atom. The molecule has 1 aliphatic rings. The van der Waals surface area contributed by atoms with Crippen molar-refractivity contribution in [3.63, 3.8) is 0 Å². The summed E-state index contributed by atoms with van der Waals surface area (Å²) in [6.45, 7) is 0.638. The highest BCUT2D eigenvalue weighted by molar-refractivity contribution is 7.89. The van der Waals surface area contributed by atoms with E-state index in [2.05, 4.69) is 15.0 Å². The third-order valence-electron chi connectivity index (χ3n) is 5.60. The van der Waals surface area contributed by atoms with Crippen LogP contribution in [0, 0.1) is 0 Å². The maximum Gasteiger partial charge on any atom is 0.410 e. The van der Waals surface area contributed by atoms with Gasteiger partial charge in [-0.2, -0.15) is 0 Å². The van der Waals surface area contributed by atoms with Crippen molar-refractivity contribution in [2.45, 2.75) is 36.9 Å². The van der Waals surface area contributed by atoms with E-state index >= 15 is 0 Å². The Morgan fingerprint density at radius 1 is 1.00 bits per heavy atom. The number of rotatable bonds is 8. The number of carbonyl (C=O) groups excluding carboxylic acids is 2. The van der Waals surface area contributed by atoms with Crippen molar-refractivity contribution < 1.29 is 22.7 Å². The summed E-state index contributed by atoms with van der Waals surface area (Å²) in [6, 6.07) is 19.8. The lowest BCUT2D eigenvalue weighted by molar-refractivity contribution is -0.120. The van der Waals surface area contributed by atoms with E-state index in [1.54, 1.807) is 24.4 Å². The molecule has 0 spiro atoms. The van der Waals surface area contributed by atoms with Gasteiger partial charge in [0.1, 0.15) is 12.6 Å². The van der Waals surface area contributed by atoms with Gasteiger partial charge in [-0.1, -0.05) is 36.4 Å². The van der Waals surface area contributed by atoms with Crippen molar-refractivity contribution in [3.8, 4) is 0 Å². The molecule has 1 saturated heterocycles. The van der Waals surface area contributed by atoms with Gasteiger partial charge in [-0.15, -0.1) is 0 Å². The summed E-state index contributed by atoms with van der Waals surface area (Å²) in [5, 5.41) is 2.77. The van der Waals surface area contributed by atoms with Gasteiger partial charge in [0.2, 0.25) is 15.9 Å². The molecule has 2 heterocycles. The Morgan fingerprint density at radius 2 is 1.74 bits per heavy atom. The Balaban J connectivity index is 1.32. The highest BCUT2D eigenvalue weighted by Gasteiger charge is 2.35. The number of pyridine rings is 1. The number of benzene rings is 2. The Labute approximate surface area is 204 Å². The normalized spacial score (nSPS) is 15.5. The van der Waals surface area contributed by atoms with Crippen molar-refractivity contribution >= 4 is 27.7 Å². The summed E-state index contributed by atoms with van der Waals surface area (Å²) in [7, 11) is -3.74. The second kappa shape index (κ2) is 11.1. The molecule has 0 saturated carbocycles. The van der Waals surface area contributed by atoms with E-state index in [-0.39, 0.29) is 24.0 Å². The number of anilines is 1. The molecule has 0 aliphatic carbocycles. The van der Waals surface area contributed by atoms with E-state index in [1.807, 2.05) is 30.3 Å². The topological polar surface area (TPSA) is 118 Å². The minimum Gasteiger partial charge on any atom is -0.445 e. The Bertz CT molecular complexity index is 1250. The zero-order valence-electron chi connectivity index (χ0n) is 19.0. The first kappa shape index (κ1) is 24.4. The highest BCUT2D eigenvalue weighted by atomic mass is 32.2. The van der Waals surface area contributed by atoms with Crippen LogP contribution in [0.2, 0.25) is 0 Å². The molecule has 9 nitrogen and oxygen atoms in total. The van der Waals surface area contributed by atoms with Crippen molar-refractivity contribution in [2.75, 3.05) is 11.9 Å². The maximum absolute atomic E-state index is 12.8. The van der Waals surface area contributed by atoms with Gasteiger partial charge in [0.25, 0.3) is 0 Å². The fourth-order valence-electron chi connectivity index (χ4n) is 3.76. The lowest BCUT2D eigenvalue weighted by Crippen LogP contribution is -2.43. The average molecular weight is 495 g/mol. The van der Waals surface area contributed by atoms with Crippen LogP contribution >= 0.6 is 0 Å². The minimum absolute atomic E-state index is 0.0680. The molecule has 10 heteroatoms. The number of amides is 2. The van der Waals surface area contributed by atoms with E-state index < -0.39 is 22.2 Å². The smallest absolute Gasteiger partial charge is 0.410 e. The summed E-state index contributed by atoms with van der Waals surface area (Å²) in [5.41, 5.74) is 1.90. The van der Waals surface area contributed by atoms with E-state index in [9.17, 15) is 18.0 Å². The number of nitrogens with zero attached hydrogens (tertiary/aromatic N) is 2. The van der Waals surface area contributed by atoms with Gasteiger partial charge in [-0.05, 0) is 54.8 Å². The molecule has 1 fully saturated rings. The zero-order valence-corrected chi connectivity index (χ0v) is 19.8. The summed E-state index contributed by atoms with van der Waals surface area (Å²) < 4.78 is 33.0. The monoisotopic (exact) mass is 494 g/mol. The van der Waals surface area contributed by atoms with Crippen LogP contribution in [0.5, 0.6) is 0 Å². The fourth-order valence-corrected chi connectivity index (χ4v) is 4.76. The predicted octanol–water partition coefficient (Wildman–Crippen LogP) is 3.30. The summed E-state index contributed by atoms with van der Waals surface area (Å²) in [5.74, 6) is -0.344. The van der Waals surface area contributed by atoms with E-state index in [4.69, 9.17) is 4.74 Å². The number of nitrogens with one attached hydrogen (secondary N) is 2. The van der Waals surface area contributed by atoms with Crippen LogP contribution in [0.15, 0.2) is 83.9 Å². The lowest BCUT2D eigenvalue weighted by atomic mass is 10.2. The first-order valence-electron chi connectivity index (χ1n) is 11.2. The molecule has 35 heavy (non-hydrogen) atoms. The second-order valence-electron chi connectivity index (χ2n) is 8.05. The maximum atomic E-state index is 12.8. The van der Waals surface area contributed by atoms with Gasteiger partial charge in [0, 0.05) is 18.4 Å². The van der Waals surface area contributed by atoms with E-state index in [1.165, 1.54) is 29.2 Å². The SMILES string of the molecule is O=C(Nc1ccc(S(=O)(=O)NCc2ccccn2)cc1)C1CCCN1C(=O)OCc1ccccc1. The Kier molecular flexibility index (Phi) is 7.74. The van der Waals surface area contributed by atoms with Gasteiger partial charge in [-0.25, -0.2) is 17.9 Å². The van der Waals surface area contributed by atoms with Crippen LogP contribution in [0.4, 0.5) is 10.5 Å². The molecular formula is C25H26N4O5S. The van der Waals surface area contributed by atoms with Crippen molar-refractivity contribution in [1.29, 1.82) is 0 Å². The summed E-state index contributed by atoms with van der Waals surface area (Å²) in [6.07, 6.45) is 2.27. The van der Waals surface area contributed by atoms with Gasteiger partial charge in [-0.3, -0.25) is 14.7 Å². The molecule has 1 aliphatic heterocycles. The van der Waals surface area contributed by atoms with Gasteiger partial charge in [0.05, 0.1) is 17.1 Å². The molecule has 1 unspecified atom stereocenters. The number of carbonyl (C=O) groups is 2. The summed E-state index contributed by atoms with van der Waals surface area (Å²) >= 11 is 0. The number of hydrogen-bond acceptors (Lipinski definition) is 6. The molecule has 2 N–H and O–H groups in total. The van der Waals surface area contributed by atoms with Crippen LogP contribution in [0.25, 0.3) is 0 Å². The molecule has 1 atom stereocenters. The first-order chi connectivity index (χ1) is 16.9. The van der Waals surface area contributed by atoms with Gasteiger partial charge < -0.3 is 10.1 Å². The van der Waals surface area contributed by atoms with Crippen molar-refractivity contribution in [2.24, 2.45) is 0 Å². The third-order valence-corrected chi connectivity index (χ3v) is 7.01. The molecule has 4 rings (SSSR count). The van der Waals surface area contributed by atoms with Crippen LogP contribution in [-0.2, 0) is 32.7 Å². The zero-order chi connectivity index (χ0) is 24.7. The molecule has 0 radical (unpaired) electrons. The molecule has 182 valence electrons. The number of sulfonamides is 1. The molecule has 2 aromatic carbocycles. The van der Waals surface area contributed by atoms with Crippen LogP contribution in [-0.4, -0.2) is 42.9 Å². The number of hydrogen-bond donors (Lipinski definition) is 2. The quantitative estimate of drug-likeness (QED) is 0.496. The molecule has 2 amide bonds. The molecule has 0 bridgehead atoms. The fraction of sp³-hybridized carbons (Fsp3) is 0.240. The van der Waals surface area contributed by atoms with Crippen LogP contribution in [0.3, 0.4) is 0 Å². The predicted molar refractivity (Wildman–Crippen MR) is 130 cm³/mol. The minimum atomic E-state index is -3.74. The molecule has 3 aromatic rings. The van der Waals surface area contributed by atoms with Crippen molar-refractivity contribution in [1.82, 2.24) is 14.6 Å². The summed E-state index contributed by atoms with van der Waals surface area (Å²) in [4.78, 5) is 31.0. The highest BCUT2D eigenvalue weighted by Crippen LogP contribution is 2.21. The van der Waals surface area contributed by atoms with Gasteiger partial charge >= 0.3 is 6.09 Å². The lowest BCUT2D eigenvalue weighted by Gasteiger charge is -2.23. The Hall–Kier alpha value is -3.76. The molecular weight excluding hydrogens is 468 g/mol. The van der Waals surface area contributed by atoms with Crippen molar-refractivity contribution in [3.05, 3.63) is 90.3 Å². The standard InChI is InChI=1S/C25H26N4O5S/c30-24(23-10-6-16-29(23)25(31)34-18-19-7-2-1-3-8-19)28-20-11-13-22(14-12-20)35(32,33)27-17-21-9-4-5-15-26-21/h1-5,7-9,11-15,23,27H,6,10,16-18H2,(H,28,30). The van der Waals surface area contributed by atoms with Crippen LogP contribution in [0.1, 0.15) is 24.1 Å². The third kappa shape index (κ3) is 6.43. The van der Waals surface area contributed by atoms with E-state index in [0.717, 1.165) is 5.56 Å².